The number of nitrogens with zero attached hydrogens (tertiary/aromatic N) is 1. The first-order chi connectivity index (χ1) is 12.2. The van der Waals surface area contributed by atoms with Gasteiger partial charge in [0, 0.05) is 29.7 Å². The molecule has 25 heavy (non-hydrogen) atoms. The van der Waals surface area contributed by atoms with Crippen LogP contribution in [-0.2, 0) is 0 Å². The van der Waals surface area contributed by atoms with Gasteiger partial charge in [-0.3, -0.25) is 4.79 Å². The van der Waals surface area contributed by atoms with E-state index in [2.05, 4.69) is 31.2 Å². The van der Waals surface area contributed by atoms with Crippen LogP contribution in [0.15, 0.2) is 42.5 Å². The molecule has 4 nitrogen and oxygen atoms in total. The zero-order valence-electron chi connectivity index (χ0n) is 14.2. The topological polar surface area (TPSA) is 38.8 Å². The Morgan fingerprint density at radius 1 is 1.12 bits per heavy atom. The molecule has 1 saturated heterocycles. The summed E-state index contributed by atoms with van der Waals surface area (Å²) >= 11 is 1.95. The maximum absolute atomic E-state index is 12.9. The lowest BCUT2D eigenvalue weighted by Gasteiger charge is -2.21. The molecule has 0 N–H and O–H groups in total. The van der Waals surface area contributed by atoms with Gasteiger partial charge in [0.2, 0.25) is 6.79 Å². The summed E-state index contributed by atoms with van der Waals surface area (Å²) in [7, 11) is 0. The molecule has 0 bridgehead atoms. The molecule has 2 aliphatic heterocycles. The first-order valence-corrected chi connectivity index (χ1v) is 9.63. The van der Waals surface area contributed by atoms with E-state index in [9.17, 15) is 4.79 Å². The molecular formula is C20H21NO3S. The van der Waals surface area contributed by atoms with Crippen LogP contribution in [0.2, 0.25) is 0 Å². The Balaban J connectivity index is 1.47. The van der Waals surface area contributed by atoms with Crippen LogP contribution in [0.25, 0.3) is 0 Å². The molecule has 0 aliphatic carbocycles. The minimum absolute atomic E-state index is 0.0735. The minimum Gasteiger partial charge on any atom is -0.454 e. The van der Waals surface area contributed by atoms with E-state index in [-0.39, 0.29) is 12.7 Å². The first kappa shape index (κ1) is 16.3. The Bertz CT molecular complexity index is 792. The summed E-state index contributed by atoms with van der Waals surface area (Å²) in [5.74, 6) is 2.40. The van der Waals surface area contributed by atoms with Gasteiger partial charge in [0.15, 0.2) is 11.5 Å². The summed E-state index contributed by atoms with van der Waals surface area (Å²) in [5, 5.41) is 0.454. The molecule has 2 aliphatic rings. The van der Waals surface area contributed by atoms with Gasteiger partial charge in [0.05, 0.1) is 0 Å². The highest BCUT2D eigenvalue weighted by molar-refractivity contribution is 7.99. The zero-order chi connectivity index (χ0) is 17.2. The smallest absolute Gasteiger partial charge is 0.254 e. The lowest BCUT2D eigenvalue weighted by atomic mass is 10.0. The van der Waals surface area contributed by atoms with Crippen molar-refractivity contribution in [1.82, 2.24) is 4.90 Å². The van der Waals surface area contributed by atoms with Crippen LogP contribution in [0.3, 0.4) is 0 Å². The second-order valence-electron chi connectivity index (χ2n) is 6.36. The molecule has 4 rings (SSSR count). The van der Waals surface area contributed by atoms with Crippen LogP contribution in [0.1, 0.15) is 33.2 Å². The average Bonchev–Trinajstić information content (AvgIpc) is 2.97. The predicted molar refractivity (Wildman–Crippen MR) is 99.5 cm³/mol. The highest BCUT2D eigenvalue weighted by Gasteiger charge is 2.25. The van der Waals surface area contributed by atoms with E-state index in [1.165, 1.54) is 11.1 Å². The molecule has 1 atom stereocenters. The number of rotatable bonds is 2. The van der Waals surface area contributed by atoms with Gasteiger partial charge in [-0.2, -0.15) is 11.8 Å². The van der Waals surface area contributed by atoms with Crippen molar-refractivity contribution in [2.24, 2.45) is 0 Å². The van der Waals surface area contributed by atoms with Gasteiger partial charge in [-0.1, -0.05) is 24.3 Å². The molecule has 2 aromatic carbocycles. The summed E-state index contributed by atoms with van der Waals surface area (Å²) in [6.45, 7) is 3.95. The number of hydrogen-bond donors (Lipinski definition) is 0. The third kappa shape index (κ3) is 3.33. The number of ether oxygens (including phenoxy) is 2. The van der Waals surface area contributed by atoms with Crippen molar-refractivity contribution in [2.75, 3.05) is 25.6 Å². The Hall–Kier alpha value is -2.14. The molecule has 0 radical (unpaired) electrons. The molecular weight excluding hydrogens is 334 g/mol. The van der Waals surface area contributed by atoms with E-state index in [0.717, 1.165) is 25.3 Å². The molecule has 5 heteroatoms. The van der Waals surface area contributed by atoms with Crippen molar-refractivity contribution >= 4 is 17.7 Å². The second kappa shape index (κ2) is 7.00. The van der Waals surface area contributed by atoms with Crippen LogP contribution in [-0.4, -0.2) is 36.4 Å². The lowest BCUT2D eigenvalue weighted by molar-refractivity contribution is 0.0766. The van der Waals surface area contributed by atoms with Gasteiger partial charge in [-0.25, -0.2) is 0 Å². The number of hydrogen-bond acceptors (Lipinski definition) is 4. The highest BCUT2D eigenvalue weighted by Crippen LogP contribution is 2.37. The van der Waals surface area contributed by atoms with E-state index in [0.29, 0.717) is 22.3 Å². The normalized spacial score (nSPS) is 19.6. The van der Waals surface area contributed by atoms with E-state index in [1.807, 2.05) is 28.8 Å². The Morgan fingerprint density at radius 3 is 2.84 bits per heavy atom. The van der Waals surface area contributed by atoms with E-state index >= 15 is 0 Å². The molecule has 0 spiro atoms. The summed E-state index contributed by atoms with van der Waals surface area (Å²) in [4.78, 5) is 14.8. The van der Waals surface area contributed by atoms with Crippen molar-refractivity contribution in [3.8, 4) is 11.5 Å². The Morgan fingerprint density at radius 2 is 1.96 bits per heavy atom. The maximum atomic E-state index is 12.9. The number of carbonyl (C=O) groups excluding carboxylic acids is 1. The van der Waals surface area contributed by atoms with Crippen molar-refractivity contribution in [2.45, 2.75) is 18.6 Å². The van der Waals surface area contributed by atoms with E-state index in [4.69, 9.17) is 9.47 Å². The van der Waals surface area contributed by atoms with Crippen molar-refractivity contribution in [3.05, 3.63) is 59.2 Å². The monoisotopic (exact) mass is 355 g/mol. The van der Waals surface area contributed by atoms with Gasteiger partial charge >= 0.3 is 0 Å². The van der Waals surface area contributed by atoms with Crippen molar-refractivity contribution < 1.29 is 14.3 Å². The molecule has 0 aromatic heterocycles. The number of amides is 1. The first-order valence-electron chi connectivity index (χ1n) is 8.58. The zero-order valence-corrected chi connectivity index (χ0v) is 15.1. The summed E-state index contributed by atoms with van der Waals surface area (Å²) in [6.07, 6.45) is 0.978. The van der Waals surface area contributed by atoms with E-state index in [1.54, 1.807) is 6.07 Å². The fourth-order valence-electron chi connectivity index (χ4n) is 3.38. The van der Waals surface area contributed by atoms with Crippen molar-refractivity contribution in [3.63, 3.8) is 0 Å². The molecule has 130 valence electrons. The second-order valence-corrected chi connectivity index (χ2v) is 7.68. The highest BCUT2D eigenvalue weighted by atomic mass is 32.2. The standard InChI is InChI=1S/C20H21NO3S/c1-14-4-2-3-5-16(14)19-8-9-21(10-11-25-19)20(22)15-6-7-17-18(12-15)24-13-23-17/h2-7,12,19H,8-11,13H2,1H3. The number of fused-ring (bicyclic) bond motifs is 1. The van der Waals surface area contributed by atoms with Crippen LogP contribution in [0.4, 0.5) is 0 Å². The van der Waals surface area contributed by atoms with Crippen molar-refractivity contribution in [1.29, 1.82) is 0 Å². The van der Waals surface area contributed by atoms with Crippen LogP contribution in [0.5, 0.6) is 11.5 Å². The molecule has 1 fully saturated rings. The summed E-state index contributed by atoms with van der Waals surface area (Å²) in [6, 6.07) is 14.0. The quantitative estimate of drug-likeness (QED) is 0.815. The third-order valence-corrected chi connectivity index (χ3v) is 6.09. The van der Waals surface area contributed by atoms with Gasteiger partial charge in [0.25, 0.3) is 5.91 Å². The fraction of sp³-hybridized carbons (Fsp3) is 0.350. The molecule has 0 saturated carbocycles. The molecule has 2 aromatic rings. The Labute approximate surface area is 152 Å². The third-order valence-electron chi connectivity index (χ3n) is 4.78. The summed E-state index contributed by atoms with van der Waals surface area (Å²) < 4.78 is 10.7. The predicted octanol–water partition coefficient (Wildman–Crippen LogP) is 4.04. The minimum atomic E-state index is 0.0735. The van der Waals surface area contributed by atoms with Gasteiger partial charge in [-0.05, 0) is 42.7 Å². The largest absolute Gasteiger partial charge is 0.454 e. The number of benzene rings is 2. The molecule has 1 amide bonds. The number of carbonyl (C=O) groups is 1. The number of thioether (sulfide) groups is 1. The Kier molecular flexibility index (Phi) is 4.57. The molecule has 2 heterocycles. The van der Waals surface area contributed by atoms with E-state index < -0.39 is 0 Å². The fourth-order valence-corrected chi connectivity index (χ4v) is 4.71. The van der Waals surface area contributed by atoms with Crippen LogP contribution < -0.4 is 9.47 Å². The van der Waals surface area contributed by atoms with Gasteiger partial charge < -0.3 is 14.4 Å². The maximum Gasteiger partial charge on any atom is 0.254 e. The molecule has 1 unspecified atom stereocenters. The average molecular weight is 355 g/mol. The van der Waals surface area contributed by atoms with Crippen LogP contribution in [0, 0.1) is 6.92 Å². The van der Waals surface area contributed by atoms with Gasteiger partial charge in [0.1, 0.15) is 0 Å². The lowest BCUT2D eigenvalue weighted by Crippen LogP contribution is -2.32. The van der Waals surface area contributed by atoms with Crippen LogP contribution >= 0.6 is 11.8 Å². The van der Waals surface area contributed by atoms with Gasteiger partial charge in [-0.15, -0.1) is 0 Å². The number of aryl methyl sites for hydroxylation is 1. The summed E-state index contributed by atoms with van der Waals surface area (Å²) in [5.41, 5.74) is 3.39. The SMILES string of the molecule is Cc1ccccc1C1CCN(C(=O)c2ccc3c(c2)OCO3)CCS1.